The van der Waals surface area contributed by atoms with Crippen LogP contribution in [0, 0.1) is 0 Å². The van der Waals surface area contributed by atoms with E-state index in [1.165, 1.54) is 13.8 Å². The predicted octanol–water partition coefficient (Wildman–Crippen LogP) is 2.95. The maximum absolute atomic E-state index is 11.9. The van der Waals surface area contributed by atoms with E-state index in [2.05, 4.69) is 15.9 Å². The first kappa shape index (κ1) is 26.9. The molecule has 33 heavy (non-hydrogen) atoms. The van der Waals surface area contributed by atoms with E-state index in [1.807, 2.05) is 0 Å². The number of hydrogen-bond donors (Lipinski definition) is 0. The molecule has 0 aromatic heterocycles. The lowest BCUT2D eigenvalue weighted by Crippen LogP contribution is -2.65. The molecule has 0 amide bonds. The fourth-order valence-electron chi connectivity index (χ4n) is 3.30. The Morgan fingerprint density at radius 3 is 1.97 bits per heavy atom. The highest BCUT2D eigenvalue weighted by Crippen LogP contribution is 2.35. The van der Waals surface area contributed by atoms with Gasteiger partial charge in [0.25, 0.3) is 0 Å². The Kier molecular flexibility index (Phi) is 9.50. The van der Waals surface area contributed by atoms with Crippen LogP contribution in [0.4, 0.5) is 0 Å². The van der Waals surface area contributed by atoms with E-state index < -0.39 is 60.7 Å². The monoisotopic (exact) mass is 550 g/mol. The smallest absolute Gasteiger partial charge is 0.303 e. The van der Waals surface area contributed by atoms with Gasteiger partial charge in [0.1, 0.15) is 18.0 Å². The van der Waals surface area contributed by atoms with Crippen molar-refractivity contribution in [3.8, 4) is 5.75 Å². The lowest BCUT2D eigenvalue weighted by molar-refractivity contribution is -0.296. The predicted molar refractivity (Wildman–Crippen MR) is 116 cm³/mol. The number of carbonyl (C=O) groups is 4. The second-order valence-electron chi connectivity index (χ2n) is 7.20. The van der Waals surface area contributed by atoms with E-state index in [-0.39, 0.29) is 10.8 Å². The van der Waals surface area contributed by atoms with Crippen molar-refractivity contribution in [2.24, 2.45) is 0 Å². The fraction of sp³-hybridized carbons (Fsp3) is 0.524. The van der Waals surface area contributed by atoms with Crippen LogP contribution in [0.2, 0.25) is 5.02 Å². The van der Waals surface area contributed by atoms with Crippen LogP contribution in [-0.2, 0) is 42.9 Å². The van der Waals surface area contributed by atoms with Crippen molar-refractivity contribution in [1.29, 1.82) is 0 Å². The maximum atomic E-state index is 11.9. The number of carbonyl (C=O) groups excluding carboxylic acids is 4. The van der Waals surface area contributed by atoms with Crippen LogP contribution >= 0.6 is 27.5 Å². The highest BCUT2D eigenvalue weighted by atomic mass is 79.9. The third-order valence-electron chi connectivity index (χ3n) is 4.39. The molecule has 0 spiro atoms. The molecule has 0 aliphatic carbocycles. The summed E-state index contributed by atoms with van der Waals surface area (Å²) in [5.41, 5.74) is 0. The summed E-state index contributed by atoms with van der Waals surface area (Å²) in [5, 5.41) is 0.213. The second kappa shape index (κ2) is 11.7. The molecule has 2 rings (SSSR count). The second-order valence-corrected chi connectivity index (χ2v) is 8.52. The van der Waals surface area contributed by atoms with Crippen molar-refractivity contribution < 1.29 is 47.6 Å². The molecule has 6 atom stereocenters. The fourth-order valence-corrected chi connectivity index (χ4v) is 4.02. The van der Waals surface area contributed by atoms with Gasteiger partial charge in [0.2, 0.25) is 12.4 Å². The lowest BCUT2D eigenvalue weighted by Gasteiger charge is -2.45. The minimum atomic E-state index is -1.37. The highest BCUT2D eigenvalue weighted by molar-refractivity contribution is 9.10. The molecule has 182 valence electrons. The van der Waals surface area contributed by atoms with E-state index in [1.54, 1.807) is 18.2 Å². The highest BCUT2D eigenvalue weighted by Gasteiger charge is 2.55. The summed E-state index contributed by atoms with van der Waals surface area (Å²) in [6, 6.07) is 4.78. The van der Waals surface area contributed by atoms with Gasteiger partial charge in [-0.1, -0.05) is 27.5 Å². The van der Waals surface area contributed by atoms with E-state index in [0.29, 0.717) is 4.47 Å². The molecule has 12 heteroatoms. The SMILES string of the molecule is CC(=O)OC(C)C1OC(Oc2ccc(Br)cc2Cl)C(OC(C)=O)C(OC(C)=O)C1OC(C)=O. The van der Waals surface area contributed by atoms with Gasteiger partial charge in [-0.25, -0.2) is 0 Å². The van der Waals surface area contributed by atoms with Crippen LogP contribution in [0.5, 0.6) is 5.75 Å². The molecule has 1 fully saturated rings. The molecule has 6 unspecified atom stereocenters. The van der Waals surface area contributed by atoms with Crippen molar-refractivity contribution in [2.45, 2.75) is 71.4 Å². The molecule has 0 N–H and O–H groups in total. The third kappa shape index (κ3) is 7.58. The van der Waals surface area contributed by atoms with Crippen LogP contribution in [0.1, 0.15) is 34.6 Å². The molecular formula is C21H24BrClO10. The molecule has 1 aromatic rings. The molecule has 1 saturated heterocycles. The molecule has 0 bridgehead atoms. The minimum absolute atomic E-state index is 0.174. The number of benzene rings is 1. The van der Waals surface area contributed by atoms with Crippen LogP contribution < -0.4 is 4.74 Å². The van der Waals surface area contributed by atoms with Gasteiger partial charge < -0.3 is 28.4 Å². The van der Waals surface area contributed by atoms with Gasteiger partial charge in [0.05, 0.1) is 5.02 Å². The normalized spacial score (nSPS) is 25.4. The van der Waals surface area contributed by atoms with Gasteiger partial charge in [0.15, 0.2) is 12.2 Å². The zero-order valence-electron chi connectivity index (χ0n) is 18.5. The number of hydrogen-bond acceptors (Lipinski definition) is 10. The zero-order chi connectivity index (χ0) is 24.9. The van der Waals surface area contributed by atoms with Crippen molar-refractivity contribution in [2.75, 3.05) is 0 Å². The van der Waals surface area contributed by atoms with Crippen LogP contribution in [0.25, 0.3) is 0 Å². The molecule has 1 aliphatic rings. The molecule has 1 heterocycles. The number of ether oxygens (including phenoxy) is 6. The summed E-state index contributed by atoms with van der Waals surface area (Å²) < 4.78 is 33.9. The first-order valence-electron chi connectivity index (χ1n) is 9.85. The molecule has 0 radical (unpaired) electrons. The third-order valence-corrected chi connectivity index (χ3v) is 5.18. The van der Waals surface area contributed by atoms with Crippen molar-refractivity contribution in [3.05, 3.63) is 27.7 Å². The largest absolute Gasteiger partial charge is 0.460 e. The number of rotatable bonds is 7. The van der Waals surface area contributed by atoms with E-state index in [0.717, 1.165) is 20.8 Å². The van der Waals surface area contributed by atoms with E-state index >= 15 is 0 Å². The maximum Gasteiger partial charge on any atom is 0.303 e. The Morgan fingerprint density at radius 2 is 1.45 bits per heavy atom. The Labute approximate surface area is 203 Å². The molecule has 1 aliphatic heterocycles. The van der Waals surface area contributed by atoms with Gasteiger partial charge in [-0.3, -0.25) is 19.2 Å². The molecule has 1 aromatic carbocycles. The Morgan fingerprint density at radius 1 is 0.909 bits per heavy atom. The average Bonchev–Trinajstić information content (AvgIpc) is 2.66. The Bertz CT molecular complexity index is 907. The van der Waals surface area contributed by atoms with Gasteiger partial charge in [-0.15, -0.1) is 0 Å². The molecule has 0 saturated carbocycles. The van der Waals surface area contributed by atoms with Gasteiger partial charge in [-0.05, 0) is 25.1 Å². The first-order chi connectivity index (χ1) is 15.4. The average molecular weight is 552 g/mol. The van der Waals surface area contributed by atoms with E-state index in [4.69, 9.17) is 40.0 Å². The number of esters is 4. The summed E-state index contributed by atoms with van der Waals surface area (Å²) in [7, 11) is 0. The topological polar surface area (TPSA) is 124 Å². The van der Waals surface area contributed by atoms with Crippen molar-refractivity contribution in [1.82, 2.24) is 0 Å². The van der Waals surface area contributed by atoms with Gasteiger partial charge in [-0.2, -0.15) is 0 Å². The summed E-state index contributed by atoms with van der Waals surface area (Å²) in [5.74, 6) is -2.64. The van der Waals surface area contributed by atoms with Crippen LogP contribution in [0.3, 0.4) is 0 Å². The molecular weight excluding hydrogens is 528 g/mol. The van der Waals surface area contributed by atoms with E-state index in [9.17, 15) is 19.2 Å². The summed E-state index contributed by atoms with van der Waals surface area (Å²) in [6.07, 6.45) is -7.46. The summed E-state index contributed by atoms with van der Waals surface area (Å²) in [4.78, 5) is 47.1. The minimum Gasteiger partial charge on any atom is -0.460 e. The Hall–Kier alpha value is -2.37. The standard InChI is InChI=1S/C21H24BrClO10/c1-9(28-10(2)24)17-18(29-11(3)25)19(30-12(4)26)20(31-13(5)27)21(33-17)32-16-7-6-14(22)8-15(16)23/h6-9,17-21H,1-5H3. The summed E-state index contributed by atoms with van der Waals surface area (Å²) in [6.45, 7) is 6.12. The quantitative estimate of drug-likeness (QED) is 0.369. The first-order valence-corrected chi connectivity index (χ1v) is 11.0. The van der Waals surface area contributed by atoms with Crippen molar-refractivity contribution >= 4 is 51.4 Å². The molecule has 10 nitrogen and oxygen atoms in total. The van der Waals surface area contributed by atoms with Crippen LogP contribution in [0.15, 0.2) is 22.7 Å². The van der Waals surface area contributed by atoms with Gasteiger partial charge >= 0.3 is 23.9 Å². The lowest BCUT2D eigenvalue weighted by atomic mass is 9.94. The van der Waals surface area contributed by atoms with Gasteiger partial charge in [0, 0.05) is 32.2 Å². The van der Waals surface area contributed by atoms with Crippen molar-refractivity contribution in [3.63, 3.8) is 0 Å². The zero-order valence-corrected chi connectivity index (χ0v) is 20.9. The summed E-state index contributed by atoms with van der Waals surface area (Å²) >= 11 is 9.54. The Balaban J connectivity index is 2.54. The van der Waals surface area contributed by atoms with Crippen LogP contribution in [-0.4, -0.2) is 60.7 Å². The number of halogens is 2.